The Morgan fingerprint density at radius 3 is 2.30 bits per heavy atom. The maximum Gasteiger partial charge on any atom is 0.161 e. The first-order valence-electron chi connectivity index (χ1n) is 11.1. The van der Waals surface area contributed by atoms with Crippen molar-refractivity contribution in [1.29, 1.82) is 0 Å². The van der Waals surface area contributed by atoms with Crippen LogP contribution in [0, 0.1) is 13.8 Å². The fourth-order valence-electron chi connectivity index (χ4n) is 4.41. The van der Waals surface area contributed by atoms with Crippen LogP contribution in [-0.2, 0) is 0 Å². The summed E-state index contributed by atoms with van der Waals surface area (Å²) in [5, 5.41) is 5.00. The molecule has 1 aliphatic heterocycles. The number of anilines is 2. The van der Waals surface area contributed by atoms with Crippen LogP contribution < -0.4 is 19.3 Å². The second-order valence-corrected chi connectivity index (χ2v) is 8.20. The van der Waals surface area contributed by atoms with Crippen LogP contribution in [-0.4, -0.2) is 60.0 Å². The number of fused-ring (bicyclic) bond motifs is 1. The molecule has 5 rings (SSSR count). The average molecular weight is 445 g/mol. The summed E-state index contributed by atoms with van der Waals surface area (Å²) in [6.45, 7) is 7.70. The Bertz CT molecular complexity index is 1280. The minimum Gasteiger partial charge on any atom is -0.493 e. The Kier molecular flexibility index (Phi) is 5.50. The van der Waals surface area contributed by atoms with Crippen molar-refractivity contribution in [1.82, 2.24) is 19.6 Å². The maximum atomic E-state index is 5.50. The minimum absolute atomic E-state index is 0.682. The molecule has 8 nitrogen and oxygen atoms in total. The van der Waals surface area contributed by atoms with Crippen LogP contribution in [0.5, 0.6) is 11.5 Å². The van der Waals surface area contributed by atoms with Gasteiger partial charge in [0.05, 0.1) is 19.9 Å². The molecule has 1 saturated heterocycles. The van der Waals surface area contributed by atoms with Gasteiger partial charge in [0.15, 0.2) is 17.1 Å². The van der Waals surface area contributed by atoms with E-state index in [1.807, 2.05) is 48.0 Å². The zero-order valence-electron chi connectivity index (χ0n) is 19.4. The molecule has 8 heteroatoms. The third-order valence-corrected chi connectivity index (χ3v) is 6.16. The van der Waals surface area contributed by atoms with Crippen LogP contribution in [0.1, 0.15) is 11.3 Å². The lowest BCUT2D eigenvalue weighted by Crippen LogP contribution is -2.47. The number of ether oxygens (including phenoxy) is 2. The molecular formula is C25H28N6O2. The first kappa shape index (κ1) is 21.1. The second-order valence-electron chi connectivity index (χ2n) is 8.20. The molecule has 4 aromatic rings. The van der Waals surface area contributed by atoms with Gasteiger partial charge >= 0.3 is 0 Å². The Labute approximate surface area is 193 Å². The number of pyridine rings is 1. The lowest BCUT2D eigenvalue weighted by atomic mass is 10.1. The summed E-state index contributed by atoms with van der Waals surface area (Å²) >= 11 is 0. The molecular weight excluding hydrogens is 416 g/mol. The molecule has 0 spiro atoms. The van der Waals surface area contributed by atoms with E-state index in [1.165, 1.54) is 0 Å². The summed E-state index contributed by atoms with van der Waals surface area (Å²) in [6, 6.07) is 14.1. The van der Waals surface area contributed by atoms with E-state index in [-0.39, 0.29) is 0 Å². The number of aromatic nitrogens is 4. The quantitative estimate of drug-likeness (QED) is 0.464. The third kappa shape index (κ3) is 3.82. The van der Waals surface area contributed by atoms with Crippen molar-refractivity contribution >= 4 is 17.3 Å². The molecule has 1 aromatic carbocycles. The van der Waals surface area contributed by atoms with E-state index in [0.29, 0.717) is 11.5 Å². The van der Waals surface area contributed by atoms with Gasteiger partial charge in [0, 0.05) is 55.3 Å². The predicted octanol–water partition coefficient (Wildman–Crippen LogP) is 3.75. The third-order valence-electron chi connectivity index (χ3n) is 6.16. The van der Waals surface area contributed by atoms with E-state index >= 15 is 0 Å². The highest BCUT2D eigenvalue weighted by Gasteiger charge is 2.23. The molecule has 0 N–H and O–H groups in total. The molecule has 3 aromatic heterocycles. The van der Waals surface area contributed by atoms with Gasteiger partial charge in [-0.25, -0.2) is 9.97 Å². The minimum atomic E-state index is 0.682. The molecule has 4 heterocycles. The first-order chi connectivity index (χ1) is 16.1. The Morgan fingerprint density at radius 1 is 0.848 bits per heavy atom. The van der Waals surface area contributed by atoms with Crippen LogP contribution in [0.15, 0.2) is 48.7 Å². The average Bonchev–Trinajstić information content (AvgIpc) is 3.20. The molecule has 0 aliphatic carbocycles. The van der Waals surface area contributed by atoms with Gasteiger partial charge in [-0.2, -0.15) is 9.61 Å². The largest absolute Gasteiger partial charge is 0.493 e. The fraction of sp³-hybridized carbons (Fsp3) is 0.320. The van der Waals surface area contributed by atoms with E-state index in [4.69, 9.17) is 19.6 Å². The van der Waals surface area contributed by atoms with Gasteiger partial charge in [-0.05, 0) is 44.2 Å². The van der Waals surface area contributed by atoms with Gasteiger partial charge in [-0.1, -0.05) is 6.07 Å². The van der Waals surface area contributed by atoms with Gasteiger partial charge in [-0.3, -0.25) is 0 Å². The number of hydrogen-bond acceptors (Lipinski definition) is 7. The van der Waals surface area contributed by atoms with Crippen molar-refractivity contribution in [3.63, 3.8) is 0 Å². The number of hydrogen-bond donors (Lipinski definition) is 0. The number of benzene rings is 1. The van der Waals surface area contributed by atoms with Crippen molar-refractivity contribution < 1.29 is 9.47 Å². The normalized spacial score (nSPS) is 14.1. The molecule has 33 heavy (non-hydrogen) atoms. The van der Waals surface area contributed by atoms with Gasteiger partial charge < -0.3 is 19.3 Å². The molecule has 170 valence electrons. The van der Waals surface area contributed by atoms with Gasteiger partial charge in [0.1, 0.15) is 11.6 Å². The van der Waals surface area contributed by atoms with Crippen LogP contribution in [0.4, 0.5) is 11.6 Å². The Balaban J connectivity index is 1.50. The highest BCUT2D eigenvalue weighted by atomic mass is 16.5. The predicted molar refractivity (Wildman–Crippen MR) is 130 cm³/mol. The molecule has 0 unspecified atom stereocenters. The van der Waals surface area contributed by atoms with Crippen molar-refractivity contribution in [2.45, 2.75) is 13.8 Å². The van der Waals surface area contributed by atoms with E-state index in [1.54, 1.807) is 14.2 Å². The summed E-state index contributed by atoms with van der Waals surface area (Å²) < 4.78 is 12.9. The highest BCUT2D eigenvalue weighted by Crippen LogP contribution is 2.34. The molecule has 0 atom stereocenters. The molecule has 1 aliphatic rings. The molecule has 0 radical (unpaired) electrons. The summed E-state index contributed by atoms with van der Waals surface area (Å²) in [5.41, 5.74) is 4.76. The van der Waals surface area contributed by atoms with Gasteiger partial charge in [-0.15, -0.1) is 0 Å². The molecule has 0 bridgehead atoms. The SMILES string of the molecule is COc1ccc(-c2nn3c(N4CCN(c5ccccn5)CC4)cc(C)nc3c2C)cc1OC. The maximum absolute atomic E-state index is 5.50. The van der Waals surface area contributed by atoms with Crippen molar-refractivity contribution in [2.75, 3.05) is 50.2 Å². The number of methoxy groups -OCH3 is 2. The van der Waals surface area contributed by atoms with Gasteiger partial charge in [0.2, 0.25) is 0 Å². The Hall–Kier alpha value is -3.81. The molecule has 0 amide bonds. The van der Waals surface area contributed by atoms with E-state index in [0.717, 1.165) is 66.0 Å². The van der Waals surface area contributed by atoms with Crippen LogP contribution in [0.3, 0.4) is 0 Å². The second kappa shape index (κ2) is 8.61. The van der Waals surface area contributed by atoms with Crippen molar-refractivity contribution in [3.8, 4) is 22.8 Å². The van der Waals surface area contributed by atoms with Crippen LogP contribution >= 0.6 is 0 Å². The van der Waals surface area contributed by atoms with Crippen molar-refractivity contribution in [2.24, 2.45) is 0 Å². The van der Waals surface area contributed by atoms with E-state index in [9.17, 15) is 0 Å². The monoisotopic (exact) mass is 444 g/mol. The summed E-state index contributed by atoms with van der Waals surface area (Å²) in [4.78, 5) is 14.0. The van der Waals surface area contributed by atoms with E-state index < -0.39 is 0 Å². The van der Waals surface area contributed by atoms with Gasteiger partial charge in [0.25, 0.3) is 0 Å². The summed E-state index contributed by atoms with van der Waals surface area (Å²) in [5.74, 6) is 3.47. The highest BCUT2D eigenvalue weighted by molar-refractivity contribution is 5.73. The number of piperazine rings is 1. The smallest absolute Gasteiger partial charge is 0.161 e. The lowest BCUT2D eigenvalue weighted by Gasteiger charge is -2.36. The molecule has 1 fully saturated rings. The fourth-order valence-corrected chi connectivity index (χ4v) is 4.41. The molecule has 0 saturated carbocycles. The van der Waals surface area contributed by atoms with E-state index in [2.05, 4.69) is 33.8 Å². The first-order valence-corrected chi connectivity index (χ1v) is 11.1. The Morgan fingerprint density at radius 2 is 1.61 bits per heavy atom. The van der Waals surface area contributed by atoms with Crippen LogP contribution in [0.2, 0.25) is 0 Å². The standard InChI is InChI=1S/C25H28N6O2/c1-17-15-23(30-13-11-29(12-14-30)22-7-5-6-10-26-22)31-25(27-17)18(2)24(28-31)19-8-9-20(32-3)21(16-19)33-4/h5-10,15-16H,11-14H2,1-4H3. The topological polar surface area (TPSA) is 68.0 Å². The number of aryl methyl sites for hydroxylation is 2. The number of nitrogens with zero attached hydrogens (tertiary/aromatic N) is 6. The summed E-state index contributed by atoms with van der Waals surface area (Å²) in [7, 11) is 3.28. The zero-order chi connectivity index (χ0) is 22.9. The lowest BCUT2D eigenvalue weighted by molar-refractivity contribution is 0.355. The van der Waals surface area contributed by atoms with Crippen molar-refractivity contribution in [3.05, 3.63) is 59.9 Å². The zero-order valence-corrected chi connectivity index (χ0v) is 19.4. The summed E-state index contributed by atoms with van der Waals surface area (Å²) in [6.07, 6.45) is 1.85. The van der Waals surface area contributed by atoms with Crippen LogP contribution in [0.25, 0.3) is 16.9 Å². The number of rotatable bonds is 5.